The van der Waals surface area contributed by atoms with Crippen molar-refractivity contribution in [2.24, 2.45) is 5.92 Å². The number of anilines is 1. The predicted molar refractivity (Wildman–Crippen MR) is 114 cm³/mol. The number of halogens is 5. The van der Waals surface area contributed by atoms with Crippen molar-refractivity contribution in [2.75, 3.05) is 5.32 Å². The second kappa shape index (κ2) is 8.68. The number of rotatable bonds is 6. The zero-order chi connectivity index (χ0) is 21.3. The van der Waals surface area contributed by atoms with Crippen molar-refractivity contribution in [3.8, 4) is 0 Å². The van der Waals surface area contributed by atoms with Crippen LogP contribution in [0.3, 0.4) is 0 Å². The van der Waals surface area contributed by atoms with E-state index >= 15 is 0 Å². The van der Waals surface area contributed by atoms with Crippen LogP contribution in [0.4, 0.5) is 10.1 Å². The summed E-state index contributed by atoms with van der Waals surface area (Å²) in [5.74, 6) is -2.30. The summed E-state index contributed by atoms with van der Waals surface area (Å²) in [7, 11) is 0. The van der Waals surface area contributed by atoms with Crippen LogP contribution in [0.25, 0.3) is 0 Å². The molecule has 2 N–H and O–H groups in total. The largest absolute Gasteiger partial charge is 0.352 e. The van der Waals surface area contributed by atoms with E-state index in [1.54, 1.807) is 25.1 Å². The van der Waals surface area contributed by atoms with E-state index in [1.807, 2.05) is 0 Å². The minimum Gasteiger partial charge on any atom is -0.352 e. The van der Waals surface area contributed by atoms with Gasteiger partial charge in [-0.05, 0) is 42.0 Å². The molecule has 0 heterocycles. The first kappa shape index (κ1) is 22.2. The Balaban J connectivity index is 1.74. The SMILES string of the molecule is CCC(=O)NCc1cc(NC(=O)C2C(c3cc(Cl)cc(Cl)c3)C2(Cl)Cl)ccc1F. The first-order chi connectivity index (χ1) is 13.6. The Kier molecular flexibility index (Phi) is 6.64. The van der Waals surface area contributed by atoms with E-state index in [0.717, 1.165) is 0 Å². The van der Waals surface area contributed by atoms with E-state index in [4.69, 9.17) is 46.4 Å². The van der Waals surface area contributed by atoms with Gasteiger partial charge < -0.3 is 10.6 Å². The number of hydrogen-bond donors (Lipinski definition) is 2. The maximum Gasteiger partial charge on any atom is 0.231 e. The zero-order valence-electron chi connectivity index (χ0n) is 15.2. The van der Waals surface area contributed by atoms with Gasteiger partial charge in [0.2, 0.25) is 11.8 Å². The summed E-state index contributed by atoms with van der Waals surface area (Å²) in [5, 5.41) is 6.14. The molecule has 0 radical (unpaired) electrons. The Hall–Kier alpha value is -1.53. The van der Waals surface area contributed by atoms with Crippen molar-refractivity contribution in [2.45, 2.75) is 30.1 Å². The number of alkyl halides is 2. The van der Waals surface area contributed by atoms with E-state index in [9.17, 15) is 14.0 Å². The fourth-order valence-electron chi connectivity index (χ4n) is 3.15. The van der Waals surface area contributed by atoms with Gasteiger partial charge in [0.1, 0.15) is 10.2 Å². The van der Waals surface area contributed by atoms with Crippen molar-refractivity contribution in [3.63, 3.8) is 0 Å². The third-order valence-corrected chi connectivity index (χ3v) is 6.07. The van der Waals surface area contributed by atoms with Crippen molar-refractivity contribution < 1.29 is 14.0 Å². The molecular weight excluding hydrogens is 461 g/mol. The quantitative estimate of drug-likeness (QED) is 0.525. The van der Waals surface area contributed by atoms with Gasteiger partial charge in [-0.3, -0.25) is 9.59 Å². The van der Waals surface area contributed by atoms with Crippen LogP contribution in [0.5, 0.6) is 0 Å². The normalized spacial score (nSPS) is 19.5. The average molecular weight is 478 g/mol. The molecule has 3 rings (SSSR count). The van der Waals surface area contributed by atoms with E-state index in [2.05, 4.69) is 10.6 Å². The summed E-state index contributed by atoms with van der Waals surface area (Å²) >= 11 is 24.7. The molecule has 2 aromatic carbocycles. The second-order valence-electron chi connectivity index (χ2n) is 6.76. The highest BCUT2D eigenvalue weighted by Crippen LogP contribution is 2.65. The van der Waals surface area contributed by atoms with Crippen LogP contribution in [-0.2, 0) is 16.1 Å². The Labute approximate surface area is 187 Å². The fourth-order valence-corrected chi connectivity index (χ4v) is 4.52. The van der Waals surface area contributed by atoms with Gasteiger partial charge in [-0.15, -0.1) is 23.2 Å². The highest BCUT2D eigenvalue weighted by atomic mass is 35.5. The Morgan fingerprint density at radius 3 is 2.38 bits per heavy atom. The third-order valence-electron chi connectivity index (χ3n) is 4.69. The molecule has 2 unspecified atom stereocenters. The summed E-state index contributed by atoms with van der Waals surface area (Å²) in [5.41, 5.74) is 1.28. The summed E-state index contributed by atoms with van der Waals surface area (Å²) in [6, 6.07) is 9.01. The molecule has 1 saturated carbocycles. The molecule has 1 aliphatic rings. The molecular formula is C20H17Cl4FN2O2. The van der Waals surface area contributed by atoms with Gasteiger partial charge in [-0.2, -0.15) is 0 Å². The predicted octanol–water partition coefficient (Wildman–Crippen LogP) is 5.68. The molecule has 1 fully saturated rings. The van der Waals surface area contributed by atoms with Crippen molar-refractivity contribution >= 4 is 63.9 Å². The van der Waals surface area contributed by atoms with Crippen LogP contribution in [-0.4, -0.2) is 16.1 Å². The monoisotopic (exact) mass is 476 g/mol. The van der Waals surface area contributed by atoms with Gasteiger partial charge >= 0.3 is 0 Å². The first-order valence-electron chi connectivity index (χ1n) is 8.83. The van der Waals surface area contributed by atoms with E-state index < -0.39 is 27.9 Å². The van der Waals surface area contributed by atoms with Gasteiger partial charge in [0.25, 0.3) is 0 Å². The van der Waals surface area contributed by atoms with Gasteiger partial charge in [0.05, 0.1) is 5.92 Å². The van der Waals surface area contributed by atoms with Crippen LogP contribution < -0.4 is 10.6 Å². The number of nitrogens with one attached hydrogen (secondary N) is 2. The van der Waals surface area contributed by atoms with E-state index in [-0.39, 0.29) is 18.0 Å². The topological polar surface area (TPSA) is 58.2 Å². The maximum absolute atomic E-state index is 14.0. The van der Waals surface area contributed by atoms with Crippen LogP contribution in [0.15, 0.2) is 36.4 Å². The second-order valence-corrected chi connectivity index (χ2v) is 9.08. The van der Waals surface area contributed by atoms with Crippen LogP contribution in [0, 0.1) is 11.7 Å². The average Bonchev–Trinajstić information content (AvgIpc) is 3.23. The molecule has 29 heavy (non-hydrogen) atoms. The van der Waals surface area contributed by atoms with Gasteiger partial charge in [-0.25, -0.2) is 4.39 Å². The van der Waals surface area contributed by atoms with Gasteiger partial charge in [-0.1, -0.05) is 30.1 Å². The lowest BCUT2D eigenvalue weighted by atomic mass is 10.1. The lowest BCUT2D eigenvalue weighted by Gasteiger charge is -2.10. The lowest BCUT2D eigenvalue weighted by Crippen LogP contribution is -2.22. The molecule has 2 amide bonds. The number of carbonyl (C=O) groups is 2. The first-order valence-corrected chi connectivity index (χ1v) is 10.3. The van der Waals surface area contributed by atoms with E-state index in [0.29, 0.717) is 27.7 Å². The molecule has 0 aromatic heterocycles. The number of amides is 2. The summed E-state index contributed by atoms with van der Waals surface area (Å²) in [6.07, 6.45) is 0.294. The molecule has 9 heteroatoms. The maximum atomic E-state index is 14.0. The number of hydrogen-bond acceptors (Lipinski definition) is 2. The molecule has 154 valence electrons. The summed E-state index contributed by atoms with van der Waals surface area (Å²) in [6.45, 7) is 1.72. The lowest BCUT2D eigenvalue weighted by molar-refractivity contribution is -0.121. The highest BCUT2D eigenvalue weighted by Gasteiger charge is 2.67. The Bertz CT molecular complexity index is 947. The minimum absolute atomic E-state index is 0.0181. The van der Waals surface area contributed by atoms with Crippen molar-refractivity contribution in [3.05, 3.63) is 63.4 Å². The number of benzene rings is 2. The van der Waals surface area contributed by atoms with Crippen molar-refractivity contribution in [1.82, 2.24) is 5.32 Å². The standard InChI is InChI=1S/C20H17Cl4FN2O2/c1-2-16(28)26-9-11-7-14(3-4-15(11)25)27-19(29)18-17(20(18,23)24)10-5-12(21)8-13(22)6-10/h3-8,17-18H,2,9H2,1H3,(H,26,28)(H,27,29). The minimum atomic E-state index is -1.31. The molecule has 0 bridgehead atoms. The highest BCUT2D eigenvalue weighted by molar-refractivity contribution is 6.53. The van der Waals surface area contributed by atoms with Crippen LogP contribution in [0.1, 0.15) is 30.4 Å². The molecule has 0 spiro atoms. The Morgan fingerprint density at radius 2 is 1.76 bits per heavy atom. The van der Waals surface area contributed by atoms with Crippen molar-refractivity contribution in [1.29, 1.82) is 0 Å². The fraction of sp³-hybridized carbons (Fsp3) is 0.300. The molecule has 0 saturated heterocycles. The molecule has 2 aromatic rings. The van der Waals surface area contributed by atoms with Crippen LogP contribution in [0.2, 0.25) is 10.0 Å². The van der Waals surface area contributed by atoms with Crippen LogP contribution >= 0.6 is 46.4 Å². The summed E-state index contributed by atoms with van der Waals surface area (Å²) < 4.78 is 12.7. The smallest absolute Gasteiger partial charge is 0.231 e. The molecule has 2 atom stereocenters. The molecule has 0 aliphatic heterocycles. The molecule has 1 aliphatic carbocycles. The molecule has 4 nitrogen and oxygen atoms in total. The zero-order valence-corrected chi connectivity index (χ0v) is 18.3. The van der Waals surface area contributed by atoms with Gasteiger partial charge in [0, 0.05) is 40.2 Å². The Morgan fingerprint density at radius 1 is 1.10 bits per heavy atom. The number of carbonyl (C=O) groups excluding carboxylic acids is 2. The third kappa shape index (κ3) is 4.97. The van der Waals surface area contributed by atoms with E-state index in [1.165, 1.54) is 18.2 Å². The van der Waals surface area contributed by atoms with Gasteiger partial charge in [0.15, 0.2) is 0 Å². The summed E-state index contributed by atoms with van der Waals surface area (Å²) in [4.78, 5) is 24.1.